The molecule has 0 aliphatic carbocycles. The highest BCUT2D eigenvalue weighted by Crippen LogP contribution is 2.29. The number of rotatable bonds is 2. The van der Waals surface area contributed by atoms with E-state index in [9.17, 15) is 0 Å². The van der Waals surface area contributed by atoms with Crippen LogP contribution in [-0.2, 0) is 0 Å². The number of hydrogen-bond donors (Lipinski definition) is 0. The fourth-order valence-electron chi connectivity index (χ4n) is 2.61. The maximum absolute atomic E-state index is 2.62. The topological polar surface area (TPSA) is 6.48 Å². The van der Waals surface area contributed by atoms with Crippen LogP contribution < -0.4 is 0 Å². The minimum Gasteiger partial charge on any atom is -0.298 e. The quantitative estimate of drug-likeness (QED) is 0.580. The molecule has 0 aromatic heterocycles. The highest BCUT2D eigenvalue weighted by molar-refractivity contribution is 4.98. The fourth-order valence-corrected chi connectivity index (χ4v) is 2.61. The van der Waals surface area contributed by atoms with Gasteiger partial charge in [0.05, 0.1) is 0 Å². The first-order valence-corrected chi connectivity index (χ1v) is 4.83. The molecule has 0 radical (unpaired) electrons. The van der Waals surface area contributed by atoms with Crippen molar-refractivity contribution in [2.75, 3.05) is 26.2 Å². The molecule has 0 N–H and O–H groups in total. The third kappa shape index (κ3) is 1.09. The van der Waals surface area contributed by atoms with Gasteiger partial charge in [-0.1, -0.05) is 13.8 Å². The van der Waals surface area contributed by atoms with Gasteiger partial charge in [-0.15, -0.1) is 0 Å². The highest BCUT2D eigenvalue weighted by atomic mass is 15.3. The van der Waals surface area contributed by atoms with E-state index in [1.807, 2.05) is 0 Å². The molecule has 2 heteroatoms. The van der Waals surface area contributed by atoms with E-state index in [2.05, 4.69) is 23.6 Å². The lowest BCUT2D eigenvalue weighted by atomic mass is 10.2. The van der Waals surface area contributed by atoms with E-state index in [1.165, 1.54) is 32.6 Å². The molecule has 2 fully saturated rings. The van der Waals surface area contributed by atoms with Gasteiger partial charge in [0.15, 0.2) is 0 Å². The zero-order valence-electron chi connectivity index (χ0n) is 7.58. The summed E-state index contributed by atoms with van der Waals surface area (Å²) in [5.41, 5.74) is 0. The van der Waals surface area contributed by atoms with E-state index in [-0.39, 0.29) is 0 Å². The van der Waals surface area contributed by atoms with Gasteiger partial charge in [0.25, 0.3) is 0 Å². The summed E-state index contributed by atoms with van der Waals surface area (Å²) in [6.07, 6.45) is 1.43. The number of hydrogen-bond acceptors (Lipinski definition) is 2. The molecule has 2 aliphatic heterocycles. The standard InChI is InChI=1S/C9H18N2/c1-3-10-6-9-5-8(10)7-11(9)4-2/h8-9H,3-7H2,1-2H3/t8-,9-/m1/s1. The van der Waals surface area contributed by atoms with Gasteiger partial charge in [0.2, 0.25) is 0 Å². The molecule has 0 spiro atoms. The van der Waals surface area contributed by atoms with Crippen molar-refractivity contribution in [1.29, 1.82) is 0 Å². The molecule has 64 valence electrons. The van der Waals surface area contributed by atoms with E-state index in [4.69, 9.17) is 0 Å². The Morgan fingerprint density at radius 1 is 1.00 bits per heavy atom. The van der Waals surface area contributed by atoms with Crippen molar-refractivity contribution in [2.45, 2.75) is 32.4 Å². The zero-order valence-corrected chi connectivity index (χ0v) is 7.58. The third-order valence-corrected chi connectivity index (χ3v) is 3.28. The van der Waals surface area contributed by atoms with Gasteiger partial charge in [-0.2, -0.15) is 0 Å². The van der Waals surface area contributed by atoms with Crippen LogP contribution in [0.5, 0.6) is 0 Å². The smallest absolute Gasteiger partial charge is 0.0239 e. The summed E-state index contributed by atoms with van der Waals surface area (Å²) in [6.45, 7) is 9.70. The summed E-state index contributed by atoms with van der Waals surface area (Å²) < 4.78 is 0. The van der Waals surface area contributed by atoms with Crippen molar-refractivity contribution in [3.8, 4) is 0 Å². The average Bonchev–Trinajstić information content (AvgIpc) is 2.60. The third-order valence-electron chi connectivity index (χ3n) is 3.28. The van der Waals surface area contributed by atoms with Crippen LogP contribution in [0.4, 0.5) is 0 Å². The number of nitrogens with zero attached hydrogens (tertiary/aromatic N) is 2. The normalized spacial score (nSPS) is 38.7. The molecular weight excluding hydrogens is 136 g/mol. The Kier molecular flexibility index (Phi) is 1.90. The lowest BCUT2D eigenvalue weighted by molar-refractivity contribution is 0.138. The number of fused-ring (bicyclic) bond motifs is 2. The summed E-state index contributed by atoms with van der Waals surface area (Å²) >= 11 is 0. The van der Waals surface area contributed by atoms with Crippen molar-refractivity contribution in [3.05, 3.63) is 0 Å². The molecule has 0 unspecified atom stereocenters. The Hall–Kier alpha value is -0.0800. The summed E-state index contributed by atoms with van der Waals surface area (Å²) in [6, 6.07) is 1.79. The van der Waals surface area contributed by atoms with Crippen LogP contribution >= 0.6 is 0 Å². The predicted molar refractivity (Wildman–Crippen MR) is 46.7 cm³/mol. The Morgan fingerprint density at radius 3 is 1.73 bits per heavy atom. The molecule has 0 amide bonds. The first-order chi connectivity index (χ1) is 5.35. The lowest BCUT2D eigenvalue weighted by Gasteiger charge is -2.32. The van der Waals surface area contributed by atoms with E-state index in [0.29, 0.717) is 0 Å². The maximum atomic E-state index is 2.62. The number of likely N-dealkylation sites (N-methyl/N-ethyl adjacent to an activating group) is 2. The van der Waals surface area contributed by atoms with E-state index >= 15 is 0 Å². The van der Waals surface area contributed by atoms with Crippen molar-refractivity contribution >= 4 is 0 Å². The largest absolute Gasteiger partial charge is 0.298 e. The highest BCUT2D eigenvalue weighted by Gasteiger charge is 2.41. The maximum Gasteiger partial charge on any atom is 0.0239 e. The molecule has 2 atom stereocenters. The Labute approximate surface area is 69.2 Å². The van der Waals surface area contributed by atoms with Crippen LogP contribution in [0.25, 0.3) is 0 Å². The van der Waals surface area contributed by atoms with E-state index in [1.54, 1.807) is 0 Å². The van der Waals surface area contributed by atoms with Crippen LogP contribution in [0.1, 0.15) is 20.3 Å². The molecule has 11 heavy (non-hydrogen) atoms. The Morgan fingerprint density at radius 2 is 1.45 bits per heavy atom. The average molecular weight is 154 g/mol. The van der Waals surface area contributed by atoms with Crippen molar-refractivity contribution in [3.63, 3.8) is 0 Å². The monoisotopic (exact) mass is 154 g/mol. The predicted octanol–water partition coefficient (Wildman–Crippen LogP) is 0.785. The summed E-state index contributed by atoms with van der Waals surface area (Å²) in [4.78, 5) is 5.24. The van der Waals surface area contributed by atoms with Gasteiger partial charge in [0, 0.05) is 25.2 Å². The van der Waals surface area contributed by atoms with Crippen molar-refractivity contribution in [1.82, 2.24) is 9.80 Å². The summed E-state index contributed by atoms with van der Waals surface area (Å²) in [7, 11) is 0. The van der Waals surface area contributed by atoms with Gasteiger partial charge in [-0.25, -0.2) is 0 Å². The van der Waals surface area contributed by atoms with Gasteiger partial charge in [-0.05, 0) is 19.5 Å². The molecule has 2 rings (SSSR count). The molecular formula is C9H18N2. The van der Waals surface area contributed by atoms with Gasteiger partial charge >= 0.3 is 0 Å². The molecule has 2 heterocycles. The van der Waals surface area contributed by atoms with E-state index < -0.39 is 0 Å². The fraction of sp³-hybridized carbons (Fsp3) is 1.00. The first kappa shape index (κ1) is 7.56. The molecule has 0 aromatic rings. The van der Waals surface area contributed by atoms with Crippen LogP contribution in [0.3, 0.4) is 0 Å². The summed E-state index contributed by atoms with van der Waals surface area (Å²) in [5, 5.41) is 0. The van der Waals surface area contributed by atoms with Gasteiger partial charge in [0.1, 0.15) is 0 Å². The minimum absolute atomic E-state index is 0.893. The van der Waals surface area contributed by atoms with E-state index in [0.717, 1.165) is 12.1 Å². The SMILES string of the molecule is CCN1C[C@H]2C[C@@H]1CN2CC. The van der Waals surface area contributed by atoms with Crippen LogP contribution in [0, 0.1) is 0 Å². The number of likely N-dealkylation sites (tertiary alicyclic amines) is 2. The van der Waals surface area contributed by atoms with Crippen LogP contribution in [-0.4, -0.2) is 48.1 Å². The van der Waals surface area contributed by atoms with Crippen molar-refractivity contribution < 1.29 is 0 Å². The second-order valence-electron chi connectivity index (χ2n) is 3.72. The zero-order chi connectivity index (χ0) is 7.84. The second kappa shape index (κ2) is 2.76. The Bertz CT molecular complexity index is 130. The number of piperazine rings is 1. The lowest BCUT2D eigenvalue weighted by Crippen LogP contribution is -2.45. The molecule has 0 aromatic carbocycles. The van der Waals surface area contributed by atoms with Gasteiger partial charge in [-0.3, -0.25) is 9.80 Å². The van der Waals surface area contributed by atoms with Crippen LogP contribution in [0.15, 0.2) is 0 Å². The molecule has 2 aliphatic rings. The molecule has 2 saturated heterocycles. The Balaban J connectivity index is 1.97. The molecule has 2 bridgehead atoms. The van der Waals surface area contributed by atoms with Crippen LogP contribution in [0.2, 0.25) is 0 Å². The van der Waals surface area contributed by atoms with Crippen molar-refractivity contribution in [2.24, 2.45) is 0 Å². The minimum atomic E-state index is 0.893. The second-order valence-corrected chi connectivity index (χ2v) is 3.72. The molecule has 2 nitrogen and oxygen atoms in total. The summed E-state index contributed by atoms with van der Waals surface area (Å²) in [5.74, 6) is 0. The van der Waals surface area contributed by atoms with Gasteiger partial charge < -0.3 is 0 Å². The first-order valence-electron chi connectivity index (χ1n) is 4.83. The molecule has 0 saturated carbocycles.